The third kappa shape index (κ3) is 8.40. The fourth-order valence-electron chi connectivity index (χ4n) is 4.97. The summed E-state index contributed by atoms with van der Waals surface area (Å²) in [5, 5.41) is 9.65. The van der Waals surface area contributed by atoms with Gasteiger partial charge in [-0.15, -0.1) is 0 Å². The van der Waals surface area contributed by atoms with Gasteiger partial charge in [0.2, 0.25) is 0 Å². The number of aliphatic hydroxyl groups excluding tert-OH is 1. The predicted molar refractivity (Wildman–Crippen MR) is 159 cm³/mol. The molecule has 8 nitrogen and oxygen atoms in total. The number of piperidine rings is 1. The molecule has 2 aromatic rings. The lowest BCUT2D eigenvalue weighted by Crippen LogP contribution is -2.39. The number of aliphatic hydroxyl groups is 1. The van der Waals surface area contributed by atoms with Gasteiger partial charge >= 0.3 is 5.97 Å². The molecule has 0 bridgehead atoms. The Balaban J connectivity index is 2.15. The highest BCUT2D eigenvalue weighted by Gasteiger charge is 2.37. The summed E-state index contributed by atoms with van der Waals surface area (Å²) in [6.07, 6.45) is 5.77. The highest BCUT2D eigenvalue weighted by molar-refractivity contribution is 5.86. The van der Waals surface area contributed by atoms with E-state index in [2.05, 4.69) is 25.7 Å². The molecule has 222 valence electrons. The van der Waals surface area contributed by atoms with E-state index in [0.717, 1.165) is 67.0 Å². The molecule has 1 aliphatic heterocycles. The first-order chi connectivity index (χ1) is 18.7. The van der Waals surface area contributed by atoms with Crippen molar-refractivity contribution in [2.75, 3.05) is 24.6 Å². The van der Waals surface area contributed by atoms with Gasteiger partial charge in [-0.1, -0.05) is 27.2 Å². The topological polar surface area (TPSA) is 94.0 Å². The van der Waals surface area contributed by atoms with Crippen LogP contribution in [0, 0.1) is 12.3 Å². The molecule has 0 aliphatic carbocycles. The highest BCUT2D eigenvalue weighted by Crippen LogP contribution is 2.43. The number of aromatic nitrogens is 2. The summed E-state index contributed by atoms with van der Waals surface area (Å²) in [5.74, 6) is 0.181. The molecular formula is C32H49N3O5. The number of carbonyl (C=O) groups excluding carboxylic acids is 1. The quantitative estimate of drug-likeness (QED) is 0.317. The summed E-state index contributed by atoms with van der Waals surface area (Å²) in [4.78, 5) is 25.4. The number of carbonyl (C=O) groups is 1. The van der Waals surface area contributed by atoms with Crippen LogP contribution in [-0.2, 0) is 14.3 Å². The van der Waals surface area contributed by atoms with Crippen LogP contribution >= 0.6 is 0 Å². The molecule has 2 aromatic heterocycles. The zero-order valence-corrected chi connectivity index (χ0v) is 25.9. The number of rotatable bonds is 11. The van der Waals surface area contributed by atoms with E-state index in [9.17, 15) is 9.90 Å². The molecule has 40 heavy (non-hydrogen) atoms. The Morgan fingerprint density at radius 1 is 1.12 bits per heavy atom. The minimum atomic E-state index is -0.943. The van der Waals surface area contributed by atoms with E-state index >= 15 is 0 Å². The molecule has 2 unspecified atom stereocenters. The summed E-state index contributed by atoms with van der Waals surface area (Å²) < 4.78 is 18.1. The molecule has 3 heterocycles. The molecule has 1 aliphatic rings. The molecule has 3 rings (SSSR count). The first-order valence-corrected chi connectivity index (χ1v) is 14.6. The van der Waals surface area contributed by atoms with Crippen LogP contribution in [0.15, 0.2) is 24.5 Å². The lowest BCUT2D eigenvalue weighted by atomic mass is 9.82. The Kier molecular flexibility index (Phi) is 10.6. The molecule has 2 atom stereocenters. The molecule has 0 aromatic carbocycles. The zero-order chi connectivity index (χ0) is 29.7. The van der Waals surface area contributed by atoms with Crippen molar-refractivity contribution >= 4 is 11.7 Å². The minimum Gasteiger partial charge on any atom is -0.486 e. The third-order valence-electron chi connectivity index (χ3n) is 7.15. The van der Waals surface area contributed by atoms with E-state index in [4.69, 9.17) is 24.2 Å². The van der Waals surface area contributed by atoms with Crippen LogP contribution in [0.3, 0.4) is 0 Å². The number of nitrogens with zero attached hydrogens (tertiary/aromatic N) is 3. The number of hydrogen-bond acceptors (Lipinski definition) is 8. The number of esters is 1. The fraction of sp³-hybridized carbons (Fsp3) is 0.656. The van der Waals surface area contributed by atoms with Crippen LogP contribution in [0.4, 0.5) is 5.69 Å². The molecule has 8 heteroatoms. The number of ether oxygens (including phenoxy) is 3. The molecule has 1 fully saturated rings. The normalized spacial score (nSPS) is 17.0. The smallest absolute Gasteiger partial charge is 0.340 e. The Hall–Kier alpha value is -2.71. The summed E-state index contributed by atoms with van der Waals surface area (Å²) in [6.45, 7) is 19.7. The van der Waals surface area contributed by atoms with Crippen molar-refractivity contribution < 1.29 is 24.1 Å². The third-order valence-corrected chi connectivity index (χ3v) is 7.15. The SMILES string of the molecule is CCCC(CO)Oc1ccc(-c2cnc(C)c(C(OC(C)(C)C)C(=O)OC(C)C)c2N2CCC(C)(C)CC2)nc1. The van der Waals surface area contributed by atoms with E-state index in [1.54, 1.807) is 6.20 Å². The molecule has 1 N–H and O–H groups in total. The van der Waals surface area contributed by atoms with Crippen molar-refractivity contribution in [3.63, 3.8) is 0 Å². The molecular weight excluding hydrogens is 506 g/mol. The Morgan fingerprint density at radius 3 is 2.33 bits per heavy atom. The second kappa shape index (κ2) is 13.3. The number of anilines is 1. The lowest BCUT2D eigenvalue weighted by molar-refractivity contribution is -0.171. The van der Waals surface area contributed by atoms with Crippen LogP contribution in [0.2, 0.25) is 0 Å². The Morgan fingerprint density at radius 2 is 1.80 bits per heavy atom. The van der Waals surface area contributed by atoms with Gasteiger partial charge in [-0.2, -0.15) is 0 Å². The maximum absolute atomic E-state index is 13.6. The van der Waals surface area contributed by atoms with Gasteiger partial charge in [-0.05, 0) is 78.4 Å². The summed E-state index contributed by atoms with van der Waals surface area (Å²) in [6, 6.07) is 3.79. The maximum atomic E-state index is 13.6. The first-order valence-electron chi connectivity index (χ1n) is 14.6. The molecule has 0 spiro atoms. The highest BCUT2D eigenvalue weighted by atomic mass is 16.6. The first kappa shape index (κ1) is 31.8. The summed E-state index contributed by atoms with van der Waals surface area (Å²) >= 11 is 0. The van der Waals surface area contributed by atoms with Crippen LogP contribution in [0.1, 0.15) is 98.4 Å². The monoisotopic (exact) mass is 555 g/mol. The van der Waals surface area contributed by atoms with Gasteiger partial charge in [-0.25, -0.2) is 4.79 Å². The van der Waals surface area contributed by atoms with Crippen LogP contribution in [-0.4, -0.2) is 58.5 Å². The zero-order valence-electron chi connectivity index (χ0n) is 25.9. The largest absolute Gasteiger partial charge is 0.486 e. The molecule has 0 radical (unpaired) electrons. The number of aryl methyl sites for hydroxylation is 1. The van der Waals surface area contributed by atoms with E-state index < -0.39 is 17.7 Å². The van der Waals surface area contributed by atoms with E-state index in [0.29, 0.717) is 5.75 Å². The van der Waals surface area contributed by atoms with Crippen molar-refractivity contribution in [3.8, 4) is 17.0 Å². The molecule has 1 saturated heterocycles. The number of pyridine rings is 2. The summed E-state index contributed by atoms with van der Waals surface area (Å²) in [7, 11) is 0. The Labute approximate surface area is 240 Å². The fourth-order valence-corrected chi connectivity index (χ4v) is 4.97. The average molecular weight is 556 g/mol. The van der Waals surface area contributed by atoms with Crippen molar-refractivity contribution in [1.82, 2.24) is 9.97 Å². The lowest BCUT2D eigenvalue weighted by Gasteiger charge is -2.41. The molecule has 0 amide bonds. The van der Waals surface area contributed by atoms with Gasteiger partial charge in [0.25, 0.3) is 0 Å². The minimum absolute atomic E-state index is 0.0437. The average Bonchev–Trinajstić information content (AvgIpc) is 2.87. The number of hydrogen-bond donors (Lipinski definition) is 1. The predicted octanol–water partition coefficient (Wildman–Crippen LogP) is 6.43. The van der Waals surface area contributed by atoms with Gasteiger partial charge in [0.1, 0.15) is 11.9 Å². The van der Waals surface area contributed by atoms with Crippen LogP contribution in [0.5, 0.6) is 5.75 Å². The van der Waals surface area contributed by atoms with Gasteiger partial charge < -0.3 is 24.2 Å². The second-order valence-electron chi connectivity index (χ2n) is 12.9. The van der Waals surface area contributed by atoms with Gasteiger partial charge in [-0.3, -0.25) is 9.97 Å². The van der Waals surface area contributed by atoms with Crippen molar-refractivity contribution in [1.29, 1.82) is 0 Å². The second-order valence-corrected chi connectivity index (χ2v) is 12.9. The van der Waals surface area contributed by atoms with Crippen molar-refractivity contribution in [2.24, 2.45) is 5.41 Å². The van der Waals surface area contributed by atoms with Crippen LogP contribution < -0.4 is 9.64 Å². The van der Waals surface area contributed by atoms with E-state index in [-0.39, 0.29) is 24.2 Å². The maximum Gasteiger partial charge on any atom is 0.340 e. The van der Waals surface area contributed by atoms with Gasteiger partial charge in [0.05, 0.1) is 35.9 Å². The van der Waals surface area contributed by atoms with Crippen molar-refractivity contribution in [2.45, 2.75) is 112 Å². The Bertz CT molecular complexity index is 1110. The van der Waals surface area contributed by atoms with Gasteiger partial charge in [0, 0.05) is 36.1 Å². The standard InChI is InChI=1S/C32H49N3O5/c1-10-11-24(20-36)39-23-12-13-26(34-18-23)25-19-33-22(4)27(28(25)35-16-14-32(8,9)15-17-35)29(40-31(5,6)7)30(37)38-21(2)3/h12-13,18-19,21,24,29,36H,10-11,14-17,20H2,1-9H3. The van der Waals surface area contributed by atoms with Gasteiger partial charge in [0.15, 0.2) is 6.10 Å². The van der Waals surface area contributed by atoms with E-state index in [1.165, 1.54) is 0 Å². The summed E-state index contributed by atoms with van der Waals surface area (Å²) in [5.41, 5.74) is 3.58. The van der Waals surface area contributed by atoms with E-state index in [1.807, 2.05) is 59.9 Å². The molecule has 0 saturated carbocycles. The van der Waals surface area contributed by atoms with Crippen molar-refractivity contribution in [3.05, 3.63) is 35.8 Å². The van der Waals surface area contributed by atoms with Crippen LogP contribution in [0.25, 0.3) is 11.3 Å².